The van der Waals surface area contributed by atoms with Crippen molar-refractivity contribution in [3.63, 3.8) is 0 Å². The van der Waals surface area contributed by atoms with Gasteiger partial charge in [-0.15, -0.1) is 0 Å². The van der Waals surface area contributed by atoms with Crippen molar-refractivity contribution in [3.05, 3.63) is 70.0 Å². The number of halogens is 4. The Balaban J connectivity index is 2.31. The highest BCUT2D eigenvalue weighted by atomic mass is 19.4. The Morgan fingerprint density at radius 3 is 2.48 bits per heavy atom. The number of carbonyl (C=O) groups is 1. The second-order valence-corrected chi connectivity index (χ2v) is 6.45. The van der Waals surface area contributed by atoms with E-state index in [1.54, 1.807) is 25.1 Å². The summed E-state index contributed by atoms with van der Waals surface area (Å²) in [5, 5.41) is 10.1. The molecule has 2 aromatic rings. The molecule has 6 nitrogen and oxygen atoms in total. The Kier molecular flexibility index (Phi) is 7.73. The number of hydrogen-bond acceptors (Lipinski definition) is 5. The van der Waals surface area contributed by atoms with E-state index >= 15 is 0 Å². The molecule has 0 aliphatic carbocycles. The number of nitrogens with one attached hydrogen (secondary N) is 1. The van der Waals surface area contributed by atoms with Crippen molar-refractivity contribution in [1.29, 1.82) is 0 Å². The molecule has 1 amide bonds. The van der Waals surface area contributed by atoms with E-state index in [2.05, 4.69) is 15.6 Å². The monoisotopic (exact) mass is 439 g/mol. The summed E-state index contributed by atoms with van der Waals surface area (Å²) < 4.78 is 52.2. The highest BCUT2D eigenvalue weighted by molar-refractivity contribution is 6.45. The Labute approximate surface area is 176 Å². The van der Waals surface area contributed by atoms with E-state index < -0.39 is 23.5 Å². The lowest BCUT2D eigenvalue weighted by Gasteiger charge is -2.13. The van der Waals surface area contributed by atoms with Crippen molar-refractivity contribution >= 4 is 17.3 Å². The van der Waals surface area contributed by atoms with Crippen LogP contribution in [0.3, 0.4) is 0 Å². The fourth-order valence-electron chi connectivity index (χ4n) is 2.75. The van der Waals surface area contributed by atoms with Crippen LogP contribution in [0.15, 0.2) is 46.7 Å². The van der Waals surface area contributed by atoms with Gasteiger partial charge in [0.2, 0.25) is 0 Å². The van der Waals surface area contributed by atoms with E-state index in [-0.39, 0.29) is 23.6 Å². The predicted octanol–water partition coefficient (Wildman–Crippen LogP) is 4.19. The number of aryl methyl sites for hydroxylation is 1. The van der Waals surface area contributed by atoms with Gasteiger partial charge < -0.3 is 15.0 Å². The van der Waals surface area contributed by atoms with E-state index in [0.29, 0.717) is 17.2 Å². The smallest absolute Gasteiger partial charge is 0.398 e. The first-order chi connectivity index (χ1) is 14.6. The summed E-state index contributed by atoms with van der Waals surface area (Å²) >= 11 is 0. The van der Waals surface area contributed by atoms with Gasteiger partial charge in [-0.2, -0.15) is 13.2 Å². The third kappa shape index (κ3) is 5.80. The molecule has 0 fully saturated rings. The lowest BCUT2D eigenvalue weighted by atomic mass is 9.98. The SMILES string of the molecule is CNC(=O)/C(=N/OC)c1cccc(C)c1CO/N=C(\C)c1ccc(F)c(C(F)(F)F)c1. The summed E-state index contributed by atoms with van der Waals surface area (Å²) in [4.78, 5) is 22.3. The molecular weight excluding hydrogens is 418 g/mol. The van der Waals surface area contributed by atoms with Crippen LogP contribution in [0.4, 0.5) is 17.6 Å². The Bertz CT molecular complexity index is 1020. The molecule has 0 spiro atoms. The molecule has 1 N–H and O–H groups in total. The number of alkyl halides is 3. The minimum Gasteiger partial charge on any atom is -0.398 e. The van der Waals surface area contributed by atoms with E-state index in [1.165, 1.54) is 27.1 Å². The van der Waals surface area contributed by atoms with Crippen molar-refractivity contribution in [2.24, 2.45) is 10.3 Å². The van der Waals surface area contributed by atoms with Crippen molar-refractivity contribution in [3.8, 4) is 0 Å². The maximum Gasteiger partial charge on any atom is 0.419 e. The number of amides is 1. The molecule has 0 aliphatic rings. The quantitative estimate of drug-likeness (QED) is 0.400. The first-order valence-electron chi connectivity index (χ1n) is 9.05. The maximum atomic E-state index is 13.5. The van der Waals surface area contributed by atoms with Crippen molar-refractivity contribution < 1.29 is 32.0 Å². The summed E-state index contributed by atoms with van der Waals surface area (Å²) in [7, 11) is 2.76. The number of carbonyl (C=O) groups excluding carboxylic acids is 1. The molecule has 0 unspecified atom stereocenters. The molecular formula is C21H21F4N3O3. The van der Waals surface area contributed by atoms with Crippen LogP contribution in [0.5, 0.6) is 0 Å². The van der Waals surface area contributed by atoms with Crippen molar-refractivity contribution in [2.45, 2.75) is 26.6 Å². The molecule has 2 rings (SSSR count). The summed E-state index contributed by atoms with van der Waals surface area (Å²) in [5.41, 5.74) is 0.652. The lowest BCUT2D eigenvalue weighted by molar-refractivity contribution is -0.140. The van der Waals surface area contributed by atoms with Gasteiger partial charge in [-0.05, 0) is 37.1 Å². The third-order valence-electron chi connectivity index (χ3n) is 4.39. The molecule has 0 saturated heterocycles. The van der Waals surface area contributed by atoms with Crippen LogP contribution in [0, 0.1) is 12.7 Å². The number of benzene rings is 2. The normalized spacial score (nSPS) is 12.5. The Morgan fingerprint density at radius 1 is 1.16 bits per heavy atom. The third-order valence-corrected chi connectivity index (χ3v) is 4.39. The second kappa shape index (κ2) is 10.1. The van der Waals surface area contributed by atoms with Gasteiger partial charge in [-0.25, -0.2) is 4.39 Å². The first-order valence-corrected chi connectivity index (χ1v) is 9.05. The van der Waals surface area contributed by atoms with Crippen molar-refractivity contribution in [1.82, 2.24) is 5.32 Å². The highest BCUT2D eigenvalue weighted by Gasteiger charge is 2.34. The van der Waals surface area contributed by atoms with Crippen LogP contribution in [0.1, 0.15) is 34.7 Å². The Morgan fingerprint density at radius 2 is 1.87 bits per heavy atom. The summed E-state index contributed by atoms with van der Waals surface area (Å²) in [6, 6.07) is 7.77. The first kappa shape index (κ1) is 23.8. The predicted molar refractivity (Wildman–Crippen MR) is 107 cm³/mol. The summed E-state index contributed by atoms with van der Waals surface area (Å²) in [6.45, 7) is 3.14. The fourth-order valence-corrected chi connectivity index (χ4v) is 2.75. The van der Waals surface area contributed by atoms with Crippen LogP contribution >= 0.6 is 0 Å². The second-order valence-electron chi connectivity index (χ2n) is 6.45. The molecule has 0 atom stereocenters. The largest absolute Gasteiger partial charge is 0.419 e. The minimum atomic E-state index is -4.83. The van der Waals surface area contributed by atoms with Gasteiger partial charge in [0.1, 0.15) is 19.5 Å². The molecule has 0 aromatic heterocycles. The van der Waals surface area contributed by atoms with Gasteiger partial charge in [0.15, 0.2) is 5.71 Å². The average Bonchev–Trinajstić information content (AvgIpc) is 2.72. The zero-order valence-corrected chi connectivity index (χ0v) is 17.3. The average molecular weight is 439 g/mol. The standard InChI is InChI=1S/C21H21F4N3O3/c1-12-6-5-7-15(19(28-30-4)20(29)26-3)16(12)11-31-27-13(2)14-8-9-18(22)17(10-14)21(23,24)25/h5-10H,11H2,1-4H3,(H,26,29)/b27-13+,28-19+. The fraction of sp³-hybridized carbons (Fsp3) is 0.286. The van der Waals surface area contributed by atoms with E-state index in [9.17, 15) is 22.4 Å². The summed E-state index contributed by atoms with van der Waals surface area (Å²) in [6.07, 6.45) is -4.83. The zero-order chi connectivity index (χ0) is 23.2. The van der Waals surface area contributed by atoms with Crippen LogP contribution in [0.2, 0.25) is 0 Å². The summed E-state index contributed by atoms with van der Waals surface area (Å²) in [5.74, 6) is -1.84. The van der Waals surface area contributed by atoms with Crippen LogP contribution in [0.25, 0.3) is 0 Å². The zero-order valence-electron chi connectivity index (χ0n) is 17.3. The van der Waals surface area contributed by atoms with Crippen molar-refractivity contribution in [2.75, 3.05) is 14.2 Å². The van der Waals surface area contributed by atoms with Crippen LogP contribution < -0.4 is 5.32 Å². The number of nitrogens with zero attached hydrogens (tertiary/aromatic N) is 2. The maximum absolute atomic E-state index is 13.5. The van der Waals surface area contributed by atoms with Crippen LogP contribution in [-0.4, -0.2) is 31.5 Å². The molecule has 0 saturated carbocycles. The molecule has 10 heteroatoms. The van der Waals surface area contributed by atoms with E-state index in [4.69, 9.17) is 9.68 Å². The van der Waals surface area contributed by atoms with Gasteiger partial charge in [-0.3, -0.25) is 4.79 Å². The lowest BCUT2D eigenvalue weighted by Crippen LogP contribution is -2.29. The van der Waals surface area contributed by atoms with Gasteiger partial charge in [0.05, 0.1) is 11.3 Å². The molecule has 0 bridgehead atoms. The number of rotatable bonds is 7. The minimum absolute atomic E-state index is 0.0290. The Hall–Kier alpha value is -3.43. The van der Waals surface area contributed by atoms with Gasteiger partial charge >= 0.3 is 6.18 Å². The molecule has 0 heterocycles. The highest BCUT2D eigenvalue weighted by Crippen LogP contribution is 2.32. The van der Waals surface area contributed by atoms with Gasteiger partial charge in [-0.1, -0.05) is 34.6 Å². The number of oxime groups is 2. The molecule has 31 heavy (non-hydrogen) atoms. The molecule has 166 valence electrons. The van der Waals surface area contributed by atoms with E-state index in [0.717, 1.165) is 11.6 Å². The van der Waals surface area contributed by atoms with E-state index in [1.807, 2.05) is 0 Å². The number of likely N-dealkylation sites (N-methyl/N-ethyl adjacent to an activating group) is 1. The molecule has 0 radical (unpaired) electrons. The molecule has 2 aromatic carbocycles. The number of hydrogen-bond donors (Lipinski definition) is 1. The van der Waals surface area contributed by atoms with Gasteiger partial charge in [0.25, 0.3) is 5.91 Å². The molecule has 0 aliphatic heterocycles. The van der Waals surface area contributed by atoms with Gasteiger partial charge in [0, 0.05) is 18.2 Å². The topological polar surface area (TPSA) is 72.3 Å². The van der Waals surface area contributed by atoms with Crippen LogP contribution in [-0.2, 0) is 27.3 Å².